The van der Waals surface area contributed by atoms with Gasteiger partial charge in [0.1, 0.15) is 11.9 Å². The number of hydrogen-bond acceptors (Lipinski definition) is 5. The van der Waals surface area contributed by atoms with Crippen LogP contribution in [0.3, 0.4) is 0 Å². The van der Waals surface area contributed by atoms with Crippen molar-refractivity contribution in [2.24, 2.45) is 5.92 Å². The summed E-state index contributed by atoms with van der Waals surface area (Å²) < 4.78 is 1.83. The molecule has 0 fully saturated rings. The molecule has 3 aromatic rings. The molecule has 0 aliphatic heterocycles. The van der Waals surface area contributed by atoms with Crippen molar-refractivity contribution in [3.63, 3.8) is 0 Å². The number of imidazole rings is 1. The van der Waals surface area contributed by atoms with Crippen molar-refractivity contribution in [2.45, 2.75) is 78.9 Å². The van der Waals surface area contributed by atoms with E-state index in [-0.39, 0.29) is 11.8 Å². The number of aromatic nitrogens is 3. The first-order valence-electron chi connectivity index (χ1n) is 13.0. The molecule has 0 saturated carbocycles. The fourth-order valence-corrected chi connectivity index (χ4v) is 4.32. The molecule has 1 aromatic carbocycles. The van der Waals surface area contributed by atoms with Gasteiger partial charge in [-0.05, 0) is 57.2 Å². The maximum Gasteiger partial charge on any atom is 0.408 e. The lowest BCUT2D eigenvalue weighted by Gasteiger charge is -2.39. The van der Waals surface area contributed by atoms with Crippen LogP contribution >= 0.6 is 0 Å². The first kappa shape index (κ1) is 28.0. The molecule has 2 amide bonds. The summed E-state index contributed by atoms with van der Waals surface area (Å²) in [5.41, 5.74) is 2.83. The predicted molar refractivity (Wildman–Crippen MR) is 147 cm³/mol. The maximum absolute atomic E-state index is 13.1. The molecule has 37 heavy (non-hydrogen) atoms. The monoisotopic (exact) mass is 508 g/mol. The van der Waals surface area contributed by atoms with Gasteiger partial charge in [0, 0.05) is 24.2 Å². The Hall–Kier alpha value is -3.62. The highest BCUT2D eigenvalue weighted by molar-refractivity contribution is 5.85. The Balaban J connectivity index is 1.73. The zero-order chi connectivity index (χ0) is 27.2. The molecule has 0 aliphatic rings. The van der Waals surface area contributed by atoms with Crippen molar-refractivity contribution in [1.29, 1.82) is 0 Å². The molecule has 2 heterocycles. The lowest BCUT2D eigenvalue weighted by molar-refractivity contribution is -0.128. The van der Waals surface area contributed by atoms with Gasteiger partial charge in [0.25, 0.3) is 0 Å². The summed E-state index contributed by atoms with van der Waals surface area (Å²) in [5, 5.41) is 20.8. The Kier molecular flexibility index (Phi) is 9.13. The SMILES string of the molecule is CCCCNc1ccc2ncc(-c3ccc(CNC(=O)C(CC(C)C)N(C(=O)O)C(C)(C)C)cc3)n2n1. The zero-order valence-corrected chi connectivity index (χ0v) is 22.8. The molecule has 3 rings (SSSR count). The minimum Gasteiger partial charge on any atom is -0.465 e. The molecule has 200 valence electrons. The van der Waals surface area contributed by atoms with Gasteiger partial charge in [-0.2, -0.15) is 0 Å². The molecule has 3 N–H and O–H groups in total. The number of amides is 2. The fraction of sp³-hybridized carbons (Fsp3) is 0.500. The topological polar surface area (TPSA) is 112 Å². The number of anilines is 1. The van der Waals surface area contributed by atoms with E-state index < -0.39 is 17.7 Å². The first-order chi connectivity index (χ1) is 17.5. The smallest absolute Gasteiger partial charge is 0.408 e. The molecule has 0 radical (unpaired) electrons. The molecule has 0 bridgehead atoms. The van der Waals surface area contributed by atoms with Gasteiger partial charge < -0.3 is 15.7 Å². The summed E-state index contributed by atoms with van der Waals surface area (Å²) in [4.78, 5) is 30.9. The summed E-state index contributed by atoms with van der Waals surface area (Å²) in [6.45, 7) is 12.7. The van der Waals surface area contributed by atoms with E-state index in [2.05, 4.69) is 22.5 Å². The van der Waals surface area contributed by atoms with E-state index in [1.807, 2.05) is 54.8 Å². The fourth-order valence-electron chi connectivity index (χ4n) is 4.32. The highest BCUT2D eigenvalue weighted by Crippen LogP contribution is 2.24. The predicted octanol–water partition coefficient (Wildman–Crippen LogP) is 5.42. The number of fused-ring (bicyclic) bond motifs is 1. The van der Waals surface area contributed by atoms with E-state index in [4.69, 9.17) is 5.10 Å². The van der Waals surface area contributed by atoms with Crippen LogP contribution in [0.4, 0.5) is 10.6 Å². The summed E-state index contributed by atoms with van der Waals surface area (Å²) in [6.07, 6.45) is 3.36. The maximum atomic E-state index is 13.1. The van der Waals surface area contributed by atoms with E-state index in [0.717, 1.165) is 47.7 Å². The highest BCUT2D eigenvalue weighted by Gasteiger charge is 2.37. The van der Waals surface area contributed by atoms with Crippen LogP contribution in [0.25, 0.3) is 16.9 Å². The van der Waals surface area contributed by atoms with Crippen LogP contribution in [0.2, 0.25) is 0 Å². The number of hydrogen-bond donors (Lipinski definition) is 3. The quantitative estimate of drug-likeness (QED) is 0.298. The zero-order valence-electron chi connectivity index (χ0n) is 22.8. The number of nitrogens with one attached hydrogen (secondary N) is 2. The largest absolute Gasteiger partial charge is 0.465 e. The van der Waals surface area contributed by atoms with E-state index in [1.54, 1.807) is 27.0 Å². The van der Waals surface area contributed by atoms with Crippen molar-refractivity contribution in [2.75, 3.05) is 11.9 Å². The summed E-state index contributed by atoms with van der Waals surface area (Å²) in [7, 11) is 0. The Morgan fingerprint density at radius 3 is 2.41 bits per heavy atom. The lowest BCUT2D eigenvalue weighted by Crippen LogP contribution is -2.57. The van der Waals surface area contributed by atoms with Crippen LogP contribution in [0.15, 0.2) is 42.6 Å². The molecule has 0 saturated heterocycles. The molecular formula is C28H40N6O3. The molecule has 1 unspecified atom stereocenters. The first-order valence-corrected chi connectivity index (χ1v) is 13.0. The van der Waals surface area contributed by atoms with E-state index in [1.165, 1.54) is 4.90 Å². The van der Waals surface area contributed by atoms with Crippen LogP contribution < -0.4 is 10.6 Å². The highest BCUT2D eigenvalue weighted by atomic mass is 16.4. The van der Waals surface area contributed by atoms with Gasteiger partial charge in [-0.15, -0.1) is 5.10 Å². The normalized spacial score (nSPS) is 12.5. The number of benzene rings is 1. The minimum atomic E-state index is -1.09. The van der Waals surface area contributed by atoms with Gasteiger partial charge >= 0.3 is 6.09 Å². The van der Waals surface area contributed by atoms with Crippen LogP contribution in [0.1, 0.15) is 66.4 Å². The third kappa shape index (κ3) is 7.21. The third-order valence-electron chi connectivity index (χ3n) is 6.15. The Morgan fingerprint density at radius 2 is 1.81 bits per heavy atom. The lowest BCUT2D eigenvalue weighted by atomic mass is 9.96. The Bertz CT molecular complexity index is 1200. The molecule has 2 aromatic heterocycles. The van der Waals surface area contributed by atoms with Crippen molar-refractivity contribution in [3.8, 4) is 11.3 Å². The van der Waals surface area contributed by atoms with E-state index in [0.29, 0.717) is 13.0 Å². The number of carbonyl (C=O) groups is 2. The number of unbranched alkanes of at least 4 members (excludes halogenated alkanes) is 1. The van der Waals surface area contributed by atoms with Crippen molar-refractivity contribution in [3.05, 3.63) is 48.2 Å². The second-order valence-corrected chi connectivity index (χ2v) is 10.8. The van der Waals surface area contributed by atoms with E-state index in [9.17, 15) is 14.7 Å². The third-order valence-corrected chi connectivity index (χ3v) is 6.15. The molecule has 0 aliphatic carbocycles. The second-order valence-electron chi connectivity index (χ2n) is 10.8. The number of carboxylic acid groups (broad SMARTS) is 1. The van der Waals surface area contributed by atoms with Gasteiger partial charge in [0.05, 0.1) is 11.9 Å². The number of nitrogens with zero attached hydrogens (tertiary/aromatic N) is 4. The van der Waals surface area contributed by atoms with Crippen molar-refractivity contribution in [1.82, 2.24) is 24.8 Å². The van der Waals surface area contributed by atoms with Crippen LogP contribution in [-0.2, 0) is 11.3 Å². The standard InChI is InChI=1S/C28H40N6O3/c1-7-8-15-29-24-13-14-25-30-18-23(34(25)32-24)21-11-9-20(10-12-21)17-31-26(35)22(16-19(2)3)33(27(36)37)28(4,5)6/h9-14,18-19,22H,7-8,15-17H2,1-6H3,(H,29,32)(H,31,35)(H,36,37). The summed E-state index contributed by atoms with van der Waals surface area (Å²) >= 11 is 0. The van der Waals surface area contributed by atoms with Gasteiger partial charge in [0.15, 0.2) is 5.65 Å². The minimum absolute atomic E-state index is 0.167. The number of rotatable bonds is 11. The van der Waals surface area contributed by atoms with Crippen molar-refractivity contribution < 1.29 is 14.7 Å². The van der Waals surface area contributed by atoms with Gasteiger partial charge in [0.2, 0.25) is 5.91 Å². The number of carbonyl (C=O) groups excluding carboxylic acids is 1. The molecule has 1 atom stereocenters. The van der Waals surface area contributed by atoms with Crippen LogP contribution in [0.5, 0.6) is 0 Å². The van der Waals surface area contributed by atoms with Crippen LogP contribution in [-0.4, -0.2) is 54.7 Å². The van der Waals surface area contributed by atoms with Gasteiger partial charge in [-0.1, -0.05) is 51.5 Å². The van der Waals surface area contributed by atoms with Crippen LogP contribution in [0, 0.1) is 5.92 Å². The Labute approximate surface area is 219 Å². The molecule has 9 nitrogen and oxygen atoms in total. The summed E-state index contributed by atoms with van der Waals surface area (Å²) in [5.74, 6) is 0.686. The molecular weight excluding hydrogens is 468 g/mol. The van der Waals surface area contributed by atoms with Gasteiger partial charge in [-0.25, -0.2) is 14.3 Å². The average Bonchev–Trinajstić information content (AvgIpc) is 3.24. The molecule has 9 heteroatoms. The van der Waals surface area contributed by atoms with Crippen molar-refractivity contribution >= 4 is 23.5 Å². The second kappa shape index (κ2) is 12.1. The summed E-state index contributed by atoms with van der Waals surface area (Å²) in [6, 6.07) is 11.0. The average molecular weight is 509 g/mol. The Morgan fingerprint density at radius 1 is 1.11 bits per heavy atom. The van der Waals surface area contributed by atoms with E-state index >= 15 is 0 Å². The molecule has 0 spiro atoms. The van der Waals surface area contributed by atoms with Gasteiger partial charge in [-0.3, -0.25) is 9.69 Å².